The molecule has 9 heteroatoms. The van der Waals surface area contributed by atoms with Gasteiger partial charge in [0, 0.05) is 11.6 Å². The molecule has 0 saturated heterocycles. The van der Waals surface area contributed by atoms with Crippen molar-refractivity contribution in [1.29, 1.82) is 0 Å². The first-order chi connectivity index (χ1) is 16.0. The van der Waals surface area contributed by atoms with Gasteiger partial charge in [-0.3, -0.25) is 18.3 Å². The second-order valence-electron chi connectivity index (χ2n) is 6.97. The average Bonchev–Trinajstić information content (AvgIpc) is 2.83. The molecule has 7 nitrogen and oxygen atoms in total. The van der Waals surface area contributed by atoms with Crippen molar-refractivity contribution < 1.29 is 22.7 Å². The quantitative estimate of drug-likeness (QED) is 0.313. The van der Waals surface area contributed by atoms with Crippen LogP contribution in [-0.2, 0) is 11.3 Å². The summed E-state index contributed by atoms with van der Waals surface area (Å²) in [6.45, 7) is 0.334. The summed E-state index contributed by atoms with van der Waals surface area (Å²) in [6, 6.07) is 20.9. The lowest BCUT2D eigenvalue weighted by Gasteiger charge is -2.28. The molecule has 0 spiro atoms. The molecule has 0 fully saturated rings. The van der Waals surface area contributed by atoms with E-state index in [9.17, 15) is 17.9 Å². The Morgan fingerprint density at radius 1 is 1.06 bits per heavy atom. The predicted molar refractivity (Wildman–Crippen MR) is 123 cm³/mol. The Balaban J connectivity index is 1.58. The molecule has 0 saturated carbocycles. The highest BCUT2D eigenvalue weighted by molar-refractivity contribution is 7.81. The van der Waals surface area contributed by atoms with Crippen LogP contribution in [0.15, 0.2) is 85.1 Å². The van der Waals surface area contributed by atoms with Gasteiger partial charge in [-0.25, -0.2) is 4.39 Å². The minimum Gasteiger partial charge on any atom is -0.755 e. The van der Waals surface area contributed by atoms with Crippen molar-refractivity contribution in [2.24, 2.45) is 0 Å². The van der Waals surface area contributed by atoms with Crippen molar-refractivity contribution in [2.45, 2.75) is 0 Å². The maximum Gasteiger partial charge on any atom is 0.253 e. The number of nitrogens with one attached hydrogen (secondary N) is 1. The molecule has 1 heterocycles. The zero-order valence-corrected chi connectivity index (χ0v) is 18.1. The highest BCUT2D eigenvalue weighted by Gasteiger charge is 2.20. The molecule has 1 aromatic heterocycles. The lowest BCUT2D eigenvalue weighted by atomic mass is 10.1. The van der Waals surface area contributed by atoms with Gasteiger partial charge >= 0.3 is 0 Å². The predicted octanol–water partition coefficient (Wildman–Crippen LogP) is 4.11. The van der Waals surface area contributed by atoms with E-state index >= 15 is 0 Å². The van der Waals surface area contributed by atoms with Gasteiger partial charge in [-0.2, -0.15) is 0 Å². The van der Waals surface area contributed by atoms with Gasteiger partial charge in [0.05, 0.1) is 40.3 Å². The van der Waals surface area contributed by atoms with E-state index in [1.807, 2.05) is 18.2 Å². The largest absolute Gasteiger partial charge is 0.755 e. The molecule has 0 radical (unpaired) electrons. The Morgan fingerprint density at radius 2 is 1.88 bits per heavy atom. The van der Waals surface area contributed by atoms with E-state index < -0.39 is 23.0 Å². The Hall–Kier alpha value is -3.82. The number of amides is 1. The summed E-state index contributed by atoms with van der Waals surface area (Å²) in [7, 11) is 0. The Labute approximate surface area is 192 Å². The Bertz CT molecular complexity index is 1300. The molecule has 4 aromatic rings. The number of rotatable bonds is 8. The van der Waals surface area contributed by atoms with Crippen LogP contribution < -0.4 is 14.4 Å². The summed E-state index contributed by atoms with van der Waals surface area (Å²) < 4.78 is 44.8. The Kier molecular flexibility index (Phi) is 6.92. The number of benzene rings is 3. The van der Waals surface area contributed by atoms with Crippen molar-refractivity contribution in [3.05, 3.63) is 96.4 Å². The number of hydrogen-bond acceptors (Lipinski definition) is 5. The normalized spacial score (nSPS) is 11.7. The van der Waals surface area contributed by atoms with E-state index in [-0.39, 0.29) is 30.1 Å². The molecular formula is C24H19FN3O4S-. The molecule has 0 bridgehead atoms. The second kappa shape index (κ2) is 10.2. The monoisotopic (exact) mass is 464 g/mol. The molecule has 4 rings (SSSR count). The molecule has 1 unspecified atom stereocenters. The van der Waals surface area contributed by atoms with Gasteiger partial charge in [0.2, 0.25) is 0 Å². The van der Waals surface area contributed by atoms with Crippen LogP contribution in [0.3, 0.4) is 0 Å². The number of carbonyl (C=O) groups is 1. The first kappa shape index (κ1) is 22.4. The van der Waals surface area contributed by atoms with E-state index in [1.54, 1.807) is 48.7 Å². The maximum atomic E-state index is 14.0. The lowest BCUT2D eigenvalue weighted by Crippen LogP contribution is -2.30. The summed E-state index contributed by atoms with van der Waals surface area (Å²) >= 11 is -2.78. The fourth-order valence-corrected chi connectivity index (χ4v) is 3.91. The van der Waals surface area contributed by atoms with Crippen LogP contribution in [0.25, 0.3) is 10.9 Å². The summed E-state index contributed by atoms with van der Waals surface area (Å²) in [6.07, 6.45) is 1.63. The number of carbonyl (C=O) groups excluding carboxylic acids is 1. The zero-order chi connectivity index (χ0) is 23.2. The van der Waals surface area contributed by atoms with E-state index in [2.05, 4.69) is 10.3 Å². The highest BCUT2D eigenvalue weighted by Crippen LogP contribution is 2.32. The minimum atomic E-state index is -2.78. The standard InChI is InChI=1S/C24H20FN3O4S/c25-18-8-11-23(21(16-18)24(29)27-13-14-32-20-6-2-1-3-7-20)28(33(30)31)19-9-10-22-17(15-19)5-4-12-26-22/h1-12,15-16H,13-14H2,(H,27,29)(H,30,31)/p-1. The van der Waals surface area contributed by atoms with Crippen LogP contribution >= 0.6 is 0 Å². The van der Waals surface area contributed by atoms with Gasteiger partial charge < -0.3 is 14.6 Å². The average molecular weight is 464 g/mol. The second-order valence-corrected chi connectivity index (χ2v) is 7.77. The SMILES string of the molecule is O=C(NCCOc1ccccc1)c1cc(F)ccc1N(c1ccc2ncccc2c1)S(=O)[O-]. The van der Waals surface area contributed by atoms with Gasteiger partial charge in [-0.1, -0.05) is 24.3 Å². The van der Waals surface area contributed by atoms with Crippen molar-refractivity contribution in [1.82, 2.24) is 10.3 Å². The number of anilines is 2. The third kappa shape index (κ3) is 5.33. The van der Waals surface area contributed by atoms with E-state index in [0.29, 0.717) is 11.3 Å². The topological polar surface area (TPSA) is 94.6 Å². The van der Waals surface area contributed by atoms with Crippen molar-refractivity contribution in [3.8, 4) is 5.75 Å². The fraction of sp³-hybridized carbons (Fsp3) is 0.0833. The number of hydrogen-bond donors (Lipinski definition) is 1. The molecule has 0 aliphatic carbocycles. The van der Waals surface area contributed by atoms with Gasteiger partial charge in [0.25, 0.3) is 5.91 Å². The van der Waals surface area contributed by atoms with E-state index in [1.165, 1.54) is 6.07 Å². The molecule has 33 heavy (non-hydrogen) atoms. The van der Waals surface area contributed by atoms with Crippen LogP contribution in [0.2, 0.25) is 0 Å². The van der Waals surface area contributed by atoms with Crippen molar-refractivity contribution in [2.75, 3.05) is 17.5 Å². The zero-order valence-electron chi connectivity index (χ0n) is 17.3. The van der Waals surface area contributed by atoms with Crippen LogP contribution in [0.5, 0.6) is 5.75 Å². The maximum absolute atomic E-state index is 14.0. The Morgan fingerprint density at radius 3 is 2.67 bits per heavy atom. The van der Waals surface area contributed by atoms with Crippen molar-refractivity contribution in [3.63, 3.8) is 0 Å². The summed E-state index contributed by atoms with van der Waals surface area (Å²) in [5, 5.41) is 3.36. The van der Waals surface area contributed by atoms with Gasteiger partial charge in [-0.05, 0) is 54.6 Å². The number of nitrogens with zero attached hydrogens (tertiary/aromatic N) is 2. The third-order valence-electron chi connectivity index (χ3n) is 4.79. The summed E-state index contributed by atoms with van der Waals surface area (Å²) in [5.41, 5.74) is 0.880. The first-order valence-corrected chi connectivity index (χ1v) is 11.1. The number of fused-ring (bicyclic) bond motifs is 1. The van der Waals surface area contributed by atoms with E-state index in [0.717, 1.165) is 21.8 Å². The smallest absolute Gasteiger partial charge is 0.253 e. The first-order valence-electron chi connectivity index (χ1n) is 10.0. The van der Waals surface area contributed by atoms with E-state index in [4.69, 9.17) is 4.74 Å². The number of aromatic nitrogens is 1. The van der Waals surface area contributed by atoms with Crippen LogP contribution in [0, 0.1) is 5.82 Å². The fourth-order valence-electron chi connectivity index (χ4n) is 3.31. The van der Waals surface area contributed by atoms with Gasteiger partial charge in [0.1, 0.15) is 18.2 Å². The number of pyridine rings is 1. The molecule has 0 aliphatic rings. The van der Waals surface area contributed by atoms with Crippen LogP contribution in [-0.4, -0.2) is 32.8 Å². The molecule has 1 amide bonds. The molecule has 3 aromatic carbocycles. The number of para-hydroxylation sites is 1. The number of halogens is 1. The number of ether oxygens (including phenoxy) is 1. The van der Waals surface area contributed by atoms with Crippen molar-refractivity contribution >= 4 is 39.5 Å². The molecular weight excluding hydrogens is 445 g/mol. The molecule has 1 atom stereocenters. The summed E-state index contributed by atoms with van der Waals surface area (Å²) in [4.78, 5) is 17.1. The lowest BCUT2D eigenvalue weighted by molar-refractivity contribution is 0.0947. The third-order valence-corrected chi connectivity index (χ3v) is 5.50. The molecule has 168 valence electrons. The molecule has 1 N–H and O–H groups in total. The molecule has 0 aliphatic heterocycles. The minimum absolute atomic E-state index is 0.0226. The van der Waals surface area contributed by atoms with Crippen LogP contribution in [0.1, 0.15) is 10.4 Å². The van der Waals surface area contributed by atoms with Gasteiger partial charge in [0.15, 0.2) is 0 Å². The van der Waals surface area contributed by atoms with Gasteiger partial charge in [-0.15, -0.1) is 0 Å². The van der Waals surface area contributed by atoms with Crippen LogP contribution in [0.4, 0.5) is 15.8 Å². The highest BCUT2D eigenvalue weighted by atomic mass is 32.2. The summed E-state index contributed by atoms with van der Waals surface area (Å²) in [5.74, 6) is -0.639.